The van der Waals surface area contributed by atoms with Gasteiger partial charge in [0.25, 0.3) is 0 Å². The van der Waals surface area contributed by atoms with Gasteiger partial charge in [-0.1, -0.05) is 103 Å². The molecule has 0 atom stereocenters. The summed E-state index contributed by atoms with van der Waals surface area (Å²) in [6.45, 7) is 0.295. The molecule has 5 rings (SSSR count). The Morgan fingerprint density at radius 1 is 0.629 bits per heavy atom. The molecular weight excluding hydrogens is 468 g/mol. The van der Waals surface area contributed by atoms with E-state index in [1.54, 1.807) is 11.3 Å². The number of rotatable bonds is 4. The van der Waals surface area contributed by atoms with E-state index in [1.165, 1.54) is 33.6 Å². The summed E-state index contributed by atoms with van der Waals surface area (Å²) in [6.07, 6.45) is 0. The van der Waals surface area contributed by atoms with Crippen LogP contribution < -0.4 is 0 Å². The van der Waals surface area contributed by atoms with Crippen molar-refractivity contribution in [2.24, 2.45) is 0 Å². The van der Waals surface area contributed by atoms with E-state index in [9.17, 15) is 4.79 Å². The number of benzene rings is 2. The summed E-state index contributed by atoms with van der Waals surface area (Å²) in [5.74, 6) is -0.291. The summed E-state index contributed by atoms with van der Waals surface area (Å²) in [5, 5.41) is 4.02. The van der Waals surface area contributed by atoms with Gasteiger partial charge in [-0.2, -0.15) is 0 Å². The van der Waals surface area contributed by atoms with Crippen molar-refractivity contribution in [2.75, 3.05) is 6.61 Å². The van der Waals surface area contributed by atoms with Crippen LogP contribution in [-0.2, 0) is 4.74 Å². The lowest BCUT2D eigenvalue weighted by atomic mass is 9.98. The van der Waals surface area contributed by atoms with Gasteiger partial charge in [0.05, 0.1) is 10.4 Å². The molecule has 2 nitrogen and oxygen atoms in total. The number of esters is 1. The molecule has 0 spiro atoms. The normalized spacial score (nSPS) is 11.5. The Morgan fingerprint density at radius 3 is 1.89 bits per heavy atom. The number of fused-ring (bicyclic) bond motifs is 3. The van der Waals surface area contributed by atoms with Crippen molar-refractivity contribution in [3.8, 4) is 20.9 Å². The molecule has 0 radical (unpaired) electrons. The molecule has 0 saturated heterocycles. The summed E-state index contributed by atoms with van der Waals surface area (Å²) in [6, 6.07) is 38.3. The Bertz CT molecular complexity index is 1380. The van der Waals surface area contributed by atoms with Crippen molar-refractivity contribution in [3.05, 3.63) is 143 Å². The first-order valence-electron chi connectivity index (χ1n) is 11.5. The number of carbonyl (C=O) groups is 1. The molecule has 4 aromatic rings. The first kappa shape index (κ1) is 23.0. The van der Waals surface area contributed by atoms with E-state index in [4.69, 9.17) is 4.74 Å². The molecule has 1 aliphatic carbocycles. The molecule has 0 saturated carbocycles. The van der Waals surface area contributed by atoms with Gasteiger partial charge in [-0.05, 0) is 45.1 Å². The highest BCUT2D eigenvalue weighted by Crippen LogP contribution is 2.44. The van der Waals surface area contributed by atoms with Crippen molar-refractivity contribution in [2.45, 2.75) is 5.92 Å². The SMILES string of the molecule is O=C(OCC1c2ccccc2-c2ccccc21)c1ccccccsc1-c1cccccccs1. The van der Waals surface area contributed by atoms with Crippen LogP contribution in [0.25, 0.3) is 20.9 Å². The summed E-state index contributed by atoms with van der Waals surface area (Å²) in [4.78, 5) is 15.4. The van der Waals surface area contributed by atoms with Gasteiger partial charge in [-0.25, -0.2) is 4.79 Å². The molecule has 0 N–H and O–H groups in total. The number of hydrogen-bond donors (Lipinski definition) is 0. The maximum absolute atomic E-state index is 13.6. The maximum atomic E-state index is 13.6. The first-order chi connectivity index (χ1) is 17.3. The summed E-state index contributed by atoms with van der Waals surface area (Å²) in [5.41, 5.74) is 5.41. The lowest BCUT2D eigenvalue weighted by molar-refractivity contribution is 0.0495. The van der Waals surface area contributed by atoms with E-state index >= 15 is 0 Å². The van der Waals surface area contributed by atoms with Crippen LogP contribution in [0.15, 0.2) is 126 Å². The van der Waals surface area contributed by atoms with Crippen molar-refractivity contribution >= 4 is 28.6 Å². The van der Waals surface area contributed by atoms with E-state index < -0.39 is 0 Å². The van der Waals surface area contributed by atoms with Gasteiger partial charge >= 0.3 is 5.97 Å². The predicted molar refractivity (Wildman–Crippen MR) is 147 cm³/mol. The zero-order valence-corrected chi connectivity index (χ0v) is 20.7. The number of hydrogen-bond acceptors (Lipinski definition) is 4. The molecule has 2 aromatic carbocycles. The molecule has 1 aliphatic rings. The highest BCUT2D eigenvalue weighted by molar-refractivity contribution is 7.20. The van der Waals surface area contributed by atoms with Gasteiger partial charge < -0.3 is 4.74 Å². The third-order valence-corrected chi connectivity index (χ3v) is 7.84. The summed E-state index contributed by atoms with van der Waals surface area (Å²) >= 11 is 3.12. The Labute approximate surface area is 213 Å². The second-order valence-electron chi connectivity index (χ2n) is 8.01. The van der Waals surface area contributed by atoms with Crippen LogP contribution in [0.4, 0.5) is 0 Å². The molecule has 0 bridgehead atoms. The fourth-order valence-corrected chi connectivity index (χ4v) is 6.01. The van der Waals surface area contributed by atoms with E-state index in [0.717, 1.165) is 9.75 Å². The first-order valence-corrected chi connectivity index (χ1v) is 13.2. The predicted octanol–water partition coefficient (Wildman–Crippen LogP) is 8.69. The molecule has 0 aliphatic heterocycles. The van der Waals surface area contributed by atoms with Crippen LogP contribution in [0, 0.1) is 0 Å². The molecule has 0 fully saturated rings. The van der Waals surface area contributed by atoms with E-state index in [0.29, 0.717) is 12.2 Å². The quantitative estimate of drug-likeness (QED) is 0.266. The minimum Gasteiger partial charge on any atom is -0.461 e. The Balaban J connectivity index is 1.51. The highest BCUT2D eigenvalue weighted by atomic mass is 32.1. The van der Waals surface area contributed by atoms with Crippen molar-refractivity contribution < 1.29 is 9.53 Å². The van der Waals surface area contributed by atoms with Crippen LogP contribution >= 0.6 is 22.7 Å². The van der Waals surface area contributed by atoms with E-state index in [1.807, 2.05) is 89.6 Å². The molecule has 172 valence electrons. The third-order valence-electron chi connectivity index (χ3n) is 5.86. The van der Waals surface area contributed by atoms with E-state index in [2.05, 4.69) is 36.4 Å². The monoisotopic (exact) mass is 492 g/mol. The fourth-order valence-electron chi connectivity index (χ4n) is 4.26. The van der Waals surface area contributed by atoms with Crippen LogP contribution in [-0.4, -0.2) is 12.6 Å². The lowest BCUT2D eigenvalue weighted by Crippen LogP contribution is -2.13. The minimum absolute atomic E-state index is 0.0265. The Morgan fingerprint density at radius 2 is 1.17 bits per heavy atom. The molecule has 2 heterocycles. The molecule has 0 unspecified atom stereocenters. The van der Waals surface area contributed by atoms with Crippen molar-refractivity contribution in [1.82, 2.24) is 0 Å². The van der Waals surface area contributed by atoms with Crippen LogP contribution in [0.2, 0.25) is 0 Å². The van der Waals surface area contributed by atoms with E-state index in [-0.39, 0.29) is 11.9 Å². The minimum atomic E-state index is -0.318. The average molecular weight is 493 g/mol. The van der Waals surface area contributed by atoms with Gasteiger partial charge in [0.1, 0.15) is 6.61 Å². The second-order valence-corrected chi connectivity index (χ2v) is 9.87. The third kappa shape index (κ3) is 5.19. The van der Waals surface area contributed by atoms with Crippen LogP contribution in [0.1, 0.15) is 27.4 Å². The van der Waals surface area contributed by atoms with Gasteiger partial charge in [0, 0.05) is 10.8 Å². The maximum Gasteiger partial charge on any atom is 0.339 e. The standard InChI is InChI=1S/C31H24O2S2/c32-31(33-22-28-25-16-10-8-14-23(25)24-15-9-11-17-26(24)28)27-18-6-3-5-13-21-35-30(27)29-19-7-2-1-4-12-20-34-29/h1-21,28H,22H2. The molecule has 35 heavy (non-hydrogen) atoms. The summed E-state index contributed by atoms with van der Waals surface area (Å²) < 4.78 is 6.02. The van der Waals surface area contributed by atoms with Crippen molar-refractivity contribution in [3.63, 3.8) is 0 Å². The van der Waals surface area contributed by atoms with Crippen molar-refractivity contribution in [1.29, 1.82) is 0 Å². The van der Waals surface area contributed by atoms with Crippen LogP contribution in [0.3, 0.4) is 0 Å². The van der Waals surface area contributed by atoms with Gasteiger partial charge in [0.2, 0.25) is 0 Å². The number of ether oxygens (including phenoxy) is 1. The lowest BCUT2D eigenvalue weighted by Gasteiger charge is -2.14. The van der Waals surface area contributed by atoms with Crippen LogP contribution in [0.5, 0.6) is 0 Å². The zero-order valence-electron chi connectivity index (χ0n) is 19.0. The molecular formula is C31H24O2S2. The molecule has 0 amide bonds. The average Bonchev–Trinajstić information content (AvgIpc) is 3.32. The smallest absolute Gasteiger partial charge is 0.339 e. The van der Waals surface area contributed by atoms with Gasteiger partial charge in [-0.15, -0.1) is 22.7 Å². The summed E-state index contributed by atoms with van der Waals surface area (Å²) in [7, 11) is 0. The zero-order chi connectivity index (χ0) is 23.9. The topological polar surface area (TPSA) is 26.3 Å². The van der Waals surface area contributed by atoms with Gasteiger partial charge in [0.15, 0.2) is 0 Å². The Hall–Kier alpha value is -3.73. The molecule has 2 aromatic heterocycles. The highest BCUT2D eigenvalue weighted by Gasteiger charge is 2.29. The second kappa shape index (κ2) is 11.1. The van der Waals surface area contributed by atoms with Gasteiger partial charge in [-0.3, -0.25) is 0 Å². The largest absolute Gasteiger partial charge is 0.461 e. The Kier molecular flexibility index (Phi) is 7.32. The number of carbonyl (C=O) groups excluding carboxylic acids is 1. The molecule has 4 heteroatoms. The fraction of sp³-hybridized carbons (Fsp3) is 0.0645.